The summed E-state index contributed by atoms with van der Waals surface area (Å²) in [6, 6.07) is 0. The van der Waals surface area contributed by atoms with Crippen LogP contribution in [0.3, 0.4) is 0 Å². The summed E-state index contributed by atoms with van der Waals surface area (Å²) < 4.78 is 4.95. The Hall–Kier alpha value is -0.610. The molecule has 0 saturated heterocycles. The second kappa shape index (κ2) is 7.67. The van der Waals surface area contributed by atoms with Crippen LogP contribution in [0.5, 0.6) is 0 Å². The van der Waals surface area contributed by atoms with Gasteiger partial charge in [-0.25, -0.2) is 0 Å². The fourth-order valence-corrected chi connectivity index (χ4v) is 1.31. The van der Waals surface area contributed by atoms with Crippen molar-refractivity contribution in [1.29, 1.82) is 0 Å². The molecule has 0 radical (unpaired) electrons. The van der Waals surface area contributed by atoms with E-state index in [0.717, 1.165) is 12.8 Å². The van der Waals surface area contributed by atoms with Crippen molar-refractivity contribution in [3.8, 4) is 0 Å². The van der Waals surface area contributed by atoms with Crippen molar-refractivity contribution in [3.63, 3.8) is 0 Å². The third-order valence-electron chi connectivity index (χ3n) is 3.30. The van der Waals surface area contributed by atoms with Gasteiger partial charge in [-0.05, 0) is 25.7 Å². The summed E-state index contributed by atoms with van der Waals surface area (Å²) in [6.45, 7) is 8.50. The lowest BCUT2D eigenvalue weighted by Gasteiger charge is -2.28. The number of aliphatic hydroxyl groups is 1. The lowest BCUT2D eigenvalue weighted by Crippen LogP contribution is -2.45. The van der Waals surface area contributed by atoms with E-state index in [-0.39, 0.29) is 17.7 Å². The summed E-state index contributed by atoms with van der Waals surface area (Å²) in [5, 5.41) is 12.8. The standard InChI is InChI=1S/C13H27NO3/c1-10(2)13(4,16)9-14-12(15)11(3)7-6-8-17-5/h10-11,16H,6-9H2,1-5H3,(H,14,15). The first-order valence-electron chi connectivity index (χ1n) is 6.30. The number of hydrogen-bond donors (Lipinski definition) is 2. The summed E-state index contributed by atoms with van der Waals surface area (Å²) in [5.41, 5.74) is -0.845. The number of rotatable bonds is 8. The monoisotopic (exact) mass is 245 g/mol. The Morgan fingerprint density at radius 3 is 2.47 bits per heavy atom. The maximum atomic E-state index is 11.7. The molecule has 2 atom stereocenters. The smallest absolute Gasteiger partial charge is 0.222 e. The van der Waals surface area contributed by atoms with Crippen LogP contribution in [0.15, 0.2) is 0 Å². The second-order valence-corrected chi connectivity index (χ2v) is 5.27. The predicted molar refractivity (Wildman–Crippen MR) is 68.7 cm³/mol. The molecule has 0 saturated carbocycles. The third kappa shape index (κ3) is 6.64. The van der Waals surface area contributed by atoms with Crippen LogP contribution >= 0.6 is 0 Å². The van der Waals surface area contributed by atoms with Crippen molar-refractivity contribution in [2.75, 3.05) is 20.3 Å². The van der Waals surface area contributed by atoms with Gasteiger partial charge in [0.2, 0.25) is 5.91 Å². The van der Waals surface area contributed by atoms with Gasteiger partial charge in [0.05, 0.1) is 5.60 Å². The Morgan fingerprint density at radius 1 is 1.41 bits per heavy atom. The normalized spacial score (nSPS) is 16.6. The fraction of sp³-hybridized carbons (Fsp3) is 0.923. The van der Waals surface area contributed by atoms with Crippen molar-refractivity contribution < 1.29 is 14.6 Å². The molecule has 0 fully saturated rings. The van der Waals surface area contributed by atoms with Crippen molar-refractivity contribution in [1.82, 2.24) is 5.32 Å². The summed E-state index contributed by atoms with van der Waals surface area (Å²) in [6.07, 6.45) is 1.69. The first kappa shape index (κ1) is 16.4. The number of carbonyl (C=O) groups excluding carboxylic acids is 1. The highest BCUT2D eigenvalue weighted by molar-refractivity contribution is 5.78. The minimum Gasteiger partial charge on any atom is -0.388 e. The highest BCUT2D eigenvalue weighted by atomic mass is 16.5. The van der Waals surface area contributed by atoms with Gasteiger partial charge in [-0.3, -0.25) is 4.79 Å². The maximum absolute atomic E-state index is 11.7. The Kier molecular flexibility index (Phi) is 7.39. The van der Waals surface area contributed by atoms with Crippen molar-refractivity contribution >= 4 is 5.91 Å². The molecule has 0 aliphatic heterocycles. The van der Waals surface area contributed by atoms with Crippen LogP contribution in [-0.4, -0.2) is 36.9 Å². The number of methoxy groups -OCH3 is 1. The molecule has 0 aromatic heterocycles. The average molecular weight is 245 g/mol. The van der Waals surface area contributed by atoms with E-state index >= 15 is 0 Å². The van der Waals surface area contributed by atoms with E-state index in [0.29, 0.717) is 13.2 Å². The van der Waals surface area contributed by atoms with Crippen LogP contribution in [0, 0.1) is 11.8 Å². The Bertz CT molecular complexity index is 227. The van der Waals surface area contributed by atoms with Gasteiger partial charge in [0, 0.05) is 26.2 Å². The first-order valence-corrected chi connectivity index (χ1v) is 6.30. The average Bonchev–Trinajstić information content (AvgIpc) is 2.26. The molecule has 17 heavy (non-hydrogen) atoms. The van der Waals surface area contributed by atoms with E-state index in [1.165, 1.54) is 0 Å². The lowest BCUT2D eigenvalue weighted by molar-refractivity contribution is -0.126. The van der Waals surface area contributed by atoms with Gasteiger partial charge >= 0.3 is 0 Å². The molecule has 1 amide bonds. The molecule has 0 aliphatic rings. The second-order valence-electron chi connectivity index (χ2n) is 5.27. The van der Waals surface area contributed by atoms with Crippen molar-refractivity contribution in [3.05, 3.63) is 0 Å². The number of carbonyl (C=O) groups is 1. The van der Waals surface area contributed by atoms with Crippen LogP contribution < -0.4 is 5.32 Å². The van der Waals surface area contributed by atoms with Crippen molar-refractivity contribution in [2.24, 2.45) is 11.8 Å². The van der Waals surface area contributed by atoms with E-state index < -0.39 is 5.60 Å². The zero-order valence-electron chi connectivity index (χ0n) is 11.7. The quantitative estimate of drug-likeness (QED) is 0.638. The molecular formula is C13H27NO3. The van der Waals surface area contributed by atoms with Gasteiger partial charge in [0.25, 0.3) is 0 Å². The minimum absolute atomic E-state index is 0.00188. The molecule has 0 aromatic rings. The van der Waals surface area contributed by atoms with Crippen LogP contribution in [0.2, 0.25) is 0 Å². The molecule has 0 rings (SSSR count). The third-order valence-corrected chi connectivity index (χ3v) is 3.30. The maximum Gasteiger partial charge on any atom is 0.222 e. The van der Waals surface area contributed by atoms with E-state index in [2.05, 4.69) is 5.32 Å². The zero-order valence-corrected chi connectivity index (χ0v) is 11.7. The van der Waals surface area contributed by atoms with E-state index in [9.17, 15) is 9.90 Å². The minimum atomic E-state index is -0.845. The number of nitrogens with one attached hydrogen (secondary N) is 1. The molecule has 2 N–H and O–H groups in total. The Labute approximate surface area is 105 Å². The fourth-order valence-electron chi connectivity index (χ4n) is 1.31. The molecule has 0 aromatic carbocycles. The predicted octanol–water partition coefficient (Wildman–Crippen LogP) is 1.57. The first-order chi connectivity index (χ1) is 7.81. The van der Waals surface area contributed by atoms with Gasteiger partial charge < -0.3 is 15.2 Å². The van der Waals surface area contributed by atoms with Gasteiger partial charge in [0.15, 0.2) is 0 Å². The molecular weight excluding hydrogens is 218 g/mol. The zero-order chi connectivity index (χ0) is 13.5. The van der Waals surface area contributed by atoms with E-state index in [1.807, 2.05) is 20.8 Å². The summed E-state index contributed by atoms with van der Waals surface area (Å²) in [7, 11) is 1.66. The number of amides is 1. The molecule has 0 bridgehead atoms. The topological polar surface area (TPSA) is 58.6 Å². The highest BCUT2D eigenvalue weighted by Gasteiger charge is 2.26. The molecule has 2 unspecified atom stereocenters. The van der Waals surface area contributed by atoms with Gasteiger partial charge in [-0.15, -0.1) is 0 Å². The molecule has 0 spiro atoms. The highest BCUT2D eigenvalue weighted by Crippen LogP contribution is 2.15. The summed E-state index contributed by atoms with van der Waals surface area (Å²) in [5.74, 6) is 0.0849. The largest absolute Gasteiger partial charge is 0.388 e. The number of hydrogen-bond acceptors (Lipinski definition) is 3. The van der Waals surface area contributed by atoms with Crippen LogP contribution in [0.4, 0.5) is 0 Å². The van der Waals surface area contributed by atoms with Crippen molar-refractivity contribution in [2.45, 2.75) is 46.1 Å². The molecule has 0 heterocycles. The summed E-state index contributed by atoms with van der Waals surface area (Å²) >= 11 is 0. The van der Waals surface area contributed by atoms with Crippen LogP contribution in [0.1, 0.15) is 40.5 Å². The Morgan fingerprint density at radius 2 is 2.00 bits per heavy atom. The van der Waals surface area contributed by atoms with Gasteiger partial charge in [-0.2, -0.15) is 0 Å². The van der Waals surface area contributed by atoms with Gasteiger partial charge in [-0.1, -0.05) is 20.8 Å². The molecule has 102 valence electrons. The number of ether oxygens (including phenoxy) is 1. The lowest BCUT2D eigenvalue weighted by atomic mass is 9.92. The molecule has 4 heteroatoms. The van der Waals surface area contributed by atoms with Crippen LogP contribution in [0.25, 0.3) is 0 Å². The molecule has 4 nitrogen and oxygen atoms in total. The Balaban J connectivity index is 3.93. The van der Waals surface area contributed by atoms with E-state index in [1.54, 1.807) is 14.0 Å². The van der Waals surface area contributed by atoms with Crippen LogP contribution in [-0.2, 0) is 9.53 Å². The molecule has 0 aliphatic carbocycles. The van der Waals surface area contributed by atoms with E-state index in [4.69, 9.17) is 4.74 Å². The SMILES string of the molecule is COCCCC(C)C(=O)NCC(C)(O)C(C)C. The van der Waals surface area contributed by atoms with Gasteiger partial charge in [0.1, 0.15) is 0 Å². The summed E-state index contributed by atoms with van der Waals surface area (Å²) in [4.78, 5) is 11.7.